The average molecular weight is 332 g/mol. The predicted octanol–water partition coefficient (Wildman–Crippen LogP) is 3.60. The Morgan fingerprint density at radius 2 is 2.04 bits per heavy atom. The normalized spacial score (nSPS) is 16.9. The number of piperidine rings is 1. The summed E-state index contributed by atoms with van der Waals surface area (Å²) in [4.78, 5) is 6.75. The lowest BCUT2D eigenvalue weighted by Crippen LogP contribution is -2.32. The van der Waals surface area contributed by atoms with Crippen molar-refractivity contribution in [1.82, 2.24) is 15.0 Å². The van der Waals surface area contributed by atoms with Gasteiger partial charge in [0.05, 0.1) is 12.2 Å². The zero-order chi connectivity index (χ0) is 17.3. The van der Waals surface area contributed by atoms with Crippen molar-refractivity contribution in [3.63, 3.8) is 0 Å². The molecule has 0 atom stereocenters. The van der Waals surface area contributed by atoms with E-state index in [0.29, 0.717) is 18.4 Å². The molecule has 5 nitrogen and oxygen atoms in total. The zero-order valence-electron chi connectivity index (χ0n) is 14.6. The van der Waals surface area contributed by atoms with Crippen molar-refractivity contribution in [2.24, 2.45) is 0 Å². The predicted molar refractivity (Wildman–Crippen MR) is 91.2 cm³/mol. The van der Waals surface area contributed by atoms with Gasteiger partial charge >= 0.3 is 0 Å². The molecule has 2 heterocycles. The standard InChI is InChI=1S/C18H25FN4O/c1-11(2)18-21-17(24-22-18)10-23-6-4-13(5-7-23)14-9-15(19)16(20)8-12(14)3/h8-9,11,13H,4-7,10,20H2,1-3H3. The van der Waals surface area contributed by atoms with Gasteiger partial charge in [0, 0.05) is 5.92 Å². The van der Waals surface area contributed by atoms with Crippen molar-refractivity contribution in [2.75, 3.05) is 18.8 Å². The number of aromatic nitrogens is 2. The van der Waals surface area contributed by atoms with Gasteiger partial charge in [-0.05, 0) is 62.0 Å². The average Bonchev–Trinajstić information content (AvgIpc) is 3.01. The number of nitrogen functional groups attached to an aromatic ring is 1. The molecule has 0 radical (unpaired) electrons. The molecule has 1 aliphatic rings. The van der Waals surface area contributed by atoms with Crippen molar-refractivity contribution in [3.05, 3.63) is 40.8 Å². The van der Waals surface area contributed by atoms with E-state index >= 15 is 0 Å². The molecule has 6 heteroatoms. The van der Waals surface area contributed by atoms with E-state index in [1.54, 1.807) is 12.1 Å². The fraction of sp³-hybridized carbons (Fsp3) is 0.556. The van der Waals surface area contributed by atoms with E-state index in [4.69, 9.17) is 10.3 Å². The summed E-state index contributed by atoms with van der Waals surface area (Å²) in [7, 11) is 0. The van der Waals surface area contributed by atoms with Gasteiger partial charge in [0.25, 0.3) is 0 Å². The minimum atomic E-state index is -0.315. The third-order valence-corrected chi connectivity index (χ3v) is 4.77. The Kier molecular flexibility index (Phi) is 4.85. The van der Waals surface area contributed by atoms with Crippen LogP contribution in [0.15, 0.2) is 16.7 Å². The van der Waals surface area contributed by atoms with Crippen molar-refractivity contribution < 1.29 is 8.91 Å². The van der Waals surface area contributed by atoms with E-state index in [1.807, 2.05) is 20.8 Å². The van der Waals surface area contributed by atoms with Crippen LogP contribution in [0.4, 0.5) is 10.1 Å². The van der Waals surface area contributed by atoms with E-state index in [-0.39, 0.29) is 17.4 Å². The summed E-state index contributed by atoms with van der Waals surface area (Å²) in [6.07, 6.45) is 1.99. The molecule has 130 valence electrons. The Morgan fingerprint density at radius 3 is 2.67 bits per heavy atom. The Labute approximate surface area is 142 Å². The van der Waals surface area contributed by atoms with E-state index < -0.39 is 0 Å². The number of aryl methyl sites for hydroxylation is 1. The van der Waals surface area contributed by atoms with Crippen LogP contribution in [0.25, 0.3) is 0 Å². The summed E-state index contributed by atoms with van der Waals surface area (Å²) in [5, 5.41) is 4.01. The third-order valence-electron chi connectivity index (χ3n) is 4.77. The molecule has 0 aliphatic carbocycles. The minimum Gasteiger partial charge on any atom is -0.396 e. The van der Waals surface area contributed by atoms with E-state index in [1.165, 1.54) is 0 Å². The van der Waals surface area contributed by atoms with Gasteiger partial charge in [-0.2, -0.15) is 4.98 Å². The highest BCUT2D eigenvalue weighted by molar-refractivity contribution is 5.47. The second-order valence-electron chi connectivity index (χ2n) is 6.98. The first-order chi connectivity index (χ1) is 11.4. The Bertz CT molecular complexity index is 705. The lowest BCUT2D eigenvalue weighted by atomic mass is 9.86. The van der Waals surface area contributed by atoms with Crippen LogP contribution in [0.2, 0.25) is 0 Å². The lowest BCUT2D eigenvalue weighted by molar-refractivity contribution is 0.180. The maximum atomic E-state index is 13.8. The molecular weight excluding hydrogens is 307 g/mol. The molecule has 1 aromatic carbocycles. The first-order valence-corrected chi connectivity index (χ1v) is 8.54. The van der Waals surface area contributed by atoms with Crippen LogP contribution in [-0.4, -0.2) is 28.1 Å². The molecule has 24 heavy (non-hydrogen) atoms. The number of hydrogen-bond donors (Lipinski definition) is 1. The van der Waals surface area contributed by atoms with Gasteiger partial charge in [-0.15, -0.1) is 0 Å². The summed E-state index contributed by atoms with van der Waals surface area (Å²) >= 11 is 0. The summed E-state index contributed by atoms with van der Waals surface area (Å²) in [5.41, 5.74) is 8.03. The molecule has 2 N–H and O–H groups in total. The number of anilines is 1. The first kappa shape index (κ1) is 16.9. The van der Waals surface area contributed by atoms with Gasteiger partial charge in [-0.25, -0.2) is 4.39 Å². The maximum absolute atomic E-state index is 13.8. The van der Waals surface area contributed by atoms with Gasteiger partial charge in [-0.1, -0.05) is 19.0 Å². The summed E-state index contributed by atoms with van der Waals surface area (Å²) in [6, 6.07) is 3.35. The number of rotatable bonds is 4. The second kappa shape index (κ2) is 6.89. The van der Waals surface area contributed by atoms with Crippen LogP contribution in [0.3, 0.4) is 0 Å². The minimum absolute atomic E-state index is 0.228. The maximum Gasteiger partial charge on any atom is 0.240 e. The molecule has 2 aromatic rings. The number of halogens is 1. The van der Waals surface area contributed by atoms with E-state index in [9.17, 15) is 4.39 Å². The van der Waals surface area contributed by atoms with Gasteiger partial charge in [0.2, 0.25) is 5.89 Å². The lowest BCUT2D eigenvalue weighted by Gasteiger charge is -2.32. The number of nitrogens with zero attached hydrogens (tertiary/aromatic N) is 3. The Morgan fingerprint density at radius 1 is 1.33 bits per heavy atom. The molecule has 1 fully saturated rings. The third kappa shape index (κ3) is 3.59. The van der Waals surface area contributed by atoms with E-state index in [0.717, 1.165) is 42.9 Å². The van der Waals surface area contributed by atoms with Crippen molar-refractivity contribution in [3.8, 4) is 0 Å². The second-order valence-corrected chi connectivity index (χ2v) is 6.98. The Hall–Kier alpha value is -1.95. The summed E-state index contributed by atoms with van der Waals surface area (Å²) in [6.45, 7) is 8.66. The van der Waals surface area contributed by atoms with Gasteiger partial charge < -0.3 is 10.3 Å². The van der Waals surface area contributed by atoms with Crippen LogP contribution < -0.4 is 5.73 Å². The smallest absolute Gasteiger partial charge is 0.240 e. The van der Waals surface area contributed by atoms with Crippen LogP contribution >= 0.6 is 0 Å². The van der Waals surface area contributed by atoms with Crippen molar-refractivity contribution in [1.29, 1.82) is 0 Å². The largest absolute Gasteiger partial charge is 0.396 e. The van der Waals surface area contributed by atoms with Crippen LogP contribution in [0.5, 0.6) is 0 Å². The highest BCUT2D eigenvalue weighted by atomic mass is 19.1. The monoisotopic (exact) mass is 332 g/mol. The molecule has 0 saturated carbocycles. The van der Waals surface area contributed by atoms with E-state index in [2.05, 4.69) is 15.0 Å². The highest BCUT2D eigenvalue weighted by Crippen LogP contribution is 2.32. The quantitative estimate of drug-likeness (QED) is 0.866. The van der Waals surface area contributed by atoms with Crippen LogP contribution in [0, 0.1) is 12.7 Å². The molecule has 1 aromatic heterocycles. The topological polar surface area (TPSA) is 68.2 Å². The first-order valence-electron chi connectivity index (χ1n) is 8.54. The number of benzene rings is 1. The molecule has 1 saturated heterocycles. The molecule has 0 bridgehead atoms. The van der Waals surface area contributed by atoms with Gasteiger partial charge in [0.15, 0.2) is 5.82 Å². The highest BCUT2D eigenvalue weighted by Gasteiger charge is 2.24. The van der Waals surface area contributed by atoms with Crippen LogP contribution in [0.1, 0.15) is 61.4 Å². The summed E-state index contributed by atoms with van der Waals surface area (Å²) < 4.78 is 19.1. The fourth-order valence-electron chi connectivity index (χ4n) is 3.32. The molecule has 0 unspecified atom stereocenters. The molecular formula is C18H25FN4O. The number of likely N-dealkylation sites (tertiary alicyclic amines) is 1. The molecule has 3 rings (SSSR count). The van der Waals surface area contributed by atoms with Crippen molar-refractivity contribution in [2.45, 2.75) is 52.0 Å². The number of hydrogen-bond acceptors (Lipinski definition) is 5. The molecule has 0 amide bonds. The van der Waals surface area contributed by atoms with Gasteiger partial charge in [-0.3, -0.25) is 4.90 Å². The van der Waals surface area contributed by atoms with Gasteiger partial charge in [0.1, 0.15) is 5.82 Å². The number of nitrogens with two attached hydrogens (primary N) is 1. The fourth-order valence-corrected chi connectivity index (χ4v) is 3.32. The molecule has 0 spiro atoms. The van der Waals surface area contributed by atoms with Crippen molar-refractivity contribution >= 4 is 5.69 Å². The SMILES string of the molecule is Cc1cc(N)c(F)cc1C1CCN(Cc2nc(C(C)C)no2)CC1. The Balaban J connectivity index is 1.60. The summed E-state index contributed by atoms with van der Waals surface area (Å²) in [5.74, 6) is 1.77. The zero-order valence-corrected chi connectivity index (χ0v) is 14.6. The molecule has 1 aliphatic heterocycles. The van der Waals surface area contributed by atoms with Crippen LogP contribution in [-0.2, 0) is 6.54 Å².